The number of carbonyl (C=O) groups is 1. The number of nitrogens with one attached hydrogen (secondary N) is 1. The van der Waals surface area contributed by atoms with Crippen LogP contribution in [0.3, 0.4) is 0 Å². The minimum absolute atomic E-state index is 0.229. The standard InChI is InChI=1S/C7H16N2OS/c1-5(2)9-6(3-4-11)7(8)10/h5-6,9,11H,3-4H2,1-2H3,(H2,8,10). The molecule has 0 aromatic heterocycles. The third-order valence-corrected chi connectivity index (χ3v) is 1.55. The number of hydrogen-bond donors (Lipinski definition) is 3. The van der Waals surface area contributed by atoms with E-state index in [-0.39, 0.29) is 18.0 Å². The van der Waals surface area contributed by atoms with Crippen LogP contribution in [0.5, 0.6) is 0 Å². The van der Waals surface area contributed by atoms with E-state index < -0.39 is 0 Å². The summed E-state index contributed by atoms with van der Waals surface area (Å²) >= 11 is 4.03. The minimum Gasteiger partial charge on any atom is -0.368 e. The van der Waals surface area contributed by atoms with Gasteiger partial charge in [0.1, 0.15) is 0 Å². The highest BCUT2D eigenvalue weighted by Crippen LogP contribution is 1.95. The lowest BCUT2D eigenvalue weighted by atomic mass is 10.2. The van der Waals surface area contributed by atoms with Crippen LogP contribution in [0, 0.1) is 0 Å². The molecule has 0 bridgehead atoms. The summed E-state index contributed by atoms with van der Waals surface area (Å²) in [5.74, 6) is 0.376. The van der Waals surface area contributed by atoms with Crippen molar-refractivity contribution in [1.82, 2.24) is 5.32 Å². The van der Waals surface area contributed by atoms with Gasteiger partial charge < -0.3 is 11.1 Å². The van der Waals surface area contributed by atoms with Crippen LogP contribution in [-0.4, -0.2) is 23.7 Å². The molecule has 4 heteroatoms. The van der Waals surface area contributed by atoms with Gasteiger partial charge in [0.25, 0.3) is 0 Å². The van der Waals surface area contributed by atoms with Gasteiger partial charge in [-0.05, 0) is 12.2 Å². The number of hydrogen-bond acceptors (Lipinski definition) is 3. The number of primary amides is 1. The van der Waals surface area contributed by atoms with Gasteiger partial charge in [0.05, 0.1) is 6.04 Å². The highest BCUT2D eigenvalue weighted by atomic mass is 32.1. The van der Waals surface area contributed by atoms with Crippen molar-refractivity contribution >= 4 is 18.5 Å². The summed E-state index contributed by atoms with van der Waals surface area (Å²) in [6.07, 6.45) is 0.691. The van der Waals surface area contributed by atoms with Crippen LogP contribution in [0.1, 0.15) is 20.3 Å². The molecule has 0 radical (unpaired) electrons. The Balaban J connectivity index is 3.79. The molecule has 1 unspecified atom stereocenters. The van der Waals surface area contributed by atoms with Crippen molar-refractivity contribution in [1.29, 1.82) is 0 Å². The summed E-state index contributed by atoms with van der Waals surface area (Å²) in [6.45, 7) is 3.96. The Bertz CT molecular complexity index is 128. The normalized spacial score (nSPS) is 13.5. The Kier molecular flexibility index (Phi) is 5.32. The van der Waals surface area contributed by atoms with E-state index in [1.54, 1.807) is 0 Å². The molecule has 0 saturated heterocycles. The van der Waals surface area contributed by atoms with E-state index in [1.807, 2.05) is 13.8 Å². The SMILES string of the molecule is CC(C)NC(CCS)C(N)=O. The lowest BCUT2D eigenvalue weighted by molar-refractivity contribution is -0.120. The zero-order chi connectivity index (χ0) is 8.85. The lowest BCUT2D eigenvalue weighted by Gasteiger charge is -2.16. The van der Waals surface area contributed by atoms with E-state index >= 15 is 0 Å². The van der Waals surface area contributed by atoms with Gasteiger partial charge in [-0.2, -0.15) is 12.6 Å². The van der Waals surface area contributed by atoms with Crippen molar-refractivity contribution in [2.75, 3.05) is 5.75 Å². The van der Waals surface area contributed by atoms with Crippen LogP contribution >= 0.6 is 12.6 Å². The van der Waals surface area contributed by atoms with E-state index in [0.717, 1.165) is 0 Å². The predicted octanol–water partition coefficient (Wildman–Crippen LogP) is 0.158. The van der Waals surface area contributed by atoms with E-state index in [9.17, 15) is 4.79 Å². The molecule has 0 rings (SSSR count). The van der Waals surface area contributed by atoms with Crippen LogP contribution < -0.4 is 11.1 Å². The van der Waals surface area contributed by atoms with Crippen molar-refractivity contribution in [3.05, 3.63) is 0 Å². The maximum Gasteiger partial charge on any atom is 0.234 e. The van der Waals surface area contributed by atoms with E-state index in [1.165, 1.54) is 0 Å². The molecule has 0 fully saturated rings. The Morgan fingerprint density at radius 1 is 1.64 bits per heavy atom. The van der Waals surface area contributed by atoms with E-state index in [2.05, 4.69) is 17.9 Å². The summed E-state index contributed by atoms with van der Waals surface area (Å²) in [5, 5.41) is 3.06. The predicted molar refractivity (Wildman–Crippen MR) is 49.7 cm³/mol. The minimum atomic E-state index is -0.298. The highest BCUT2D eigenvalue weighted by Gasteiger charge is 2.13. The number of nitrogens with two attached hydrogens (primary N) is 1. The Hall–Kier alpha value is -0.220. The first-order valence-electron chi connectivity index (χ1n) is 3.74. The molecule has 3 N–H and O–H groups in total. The van der Waals surface area contributed by atoms with E-state index in [4.69, 9.17) is 5.73 Å². The molecule has 0 aromatic carbocycles. The third kappa shape index (κ3) is 5.09. The number of rotatable bonds is 5. The van der Waals surface area contributed by atoms with Crippen molar-refractivity contribution in [3.8, 4) is 0 Å². The molecular weight excluding hydrogens is 160 g/mol. The molecule has 3 nitrogen and oxygen atoms in total. The second-order valence-electron chi connectivity index (χ2n) is 2.79. The van der Waals surface area contributed by atoms with Gasteiger partial charge in [-0.1, -0.05) is 13.8 Å². The molecule has 66 valence electrons. The van der Waals surface area contributed by atoms with Gasteiger partial charge in [-0.15, -0.1) is 0 Å². The first-order chi connectivity index (χ1) is 5.07. The molecule has 0 aliphatic heterocycles. The number of thiol groups is 1. The molecule has 0 aromatic rings. The van der Waals surface area contributed by atoms with Crippen LogP contribution in [-0.2, 0) is 4.79 Å². The first-order valence-corrected chi connectivity index (χ1v) is 4.37. The largest absolute Gasteiger partial charge is 0.368 e. The summed E-state index contributed by atoms with van der Waals surface area (Å²) in [5.41, 5.74) is 5.14. The molecule has 11 heavy (non-hydrogen) atoms. The zero-order valence-corrected chi connectivity index (χ0v) is 7.90. The van der Waals surface area contributed by atoms with Crippen LogP contribution in [0.15, 0.2) is 0 Å². The van der Waals surface area contributed by atoms with Gasteiger partial charge in [-0.25, -0.2) is 0 Å². The van der Waals surface area contributed by atoms with Crippen LogP contribution in [0.2, 0.25) is 0 Å². The zero-order valence-electron chi connectivity index (χ0n) is 7.00. The fourth-order valence-corrected chi connectivity index (χ4v) is 1.10. The van der Waals surface area contributed by atoms with Gasteiger partial charge >= 0.3 is 0 Å². The maximum atomic E-state index is 10.8. The second-order valence-corrected chi connectivity index (χ2v) is 3.24. The summed E-state index contributed by atoms with van der Waals surface area (Å²) in [7, 11) is 0. The van der Waals surface area contributed by atoms with Crippen LogP contribution in [0.4, 0.5) is 0 Å². The van der Waals surface area contributed by atoms with Gasteiger partial charge in [0.15, 0.2) is 0 Å². The van der Waals surface area contributed by atoms with Gasteiger partial charge in [-0.3, -0.25) is 4.79 Å². The average molecular weight is 176 g/mol. The average Bonchev–Trinajstić information content (AvgIpc) is 1.86. The molecule has 0 saturated carbocycles. The molecule has 0 aliphatic carbocycles. The topological polar surface area (TPSA) is 55.1 Å². The molecule has 1 amide bonds. The Morgan fingerprint density at radius 2 is 2.18 bits per heavy atom. The maximum absolute atomic E-state index is 10.8. The fourth-order valence-electron chi connectivity index (χ4n) is 0.839. The Morgan fingerprint density at radius 3 is 2.45 bits per heavy atom. The first kappa shape index (κ1) is 10.8. The second kappa shape index (κ2) is 5.43. The summed E-state index contributed by atoms with van der Waals surface area (Å²) in [6, 6.07) is 0.0554. The van der Waals surface area contributed by atoms with Crippen molar-refractivity contribution < 1.29 is 4.79 Å². The lowest BCUT2D eigenvalue weighted by Crippen LogP contribution is -2.44. The Labute approximate surface area is 73.1 Å². The van der Waals surface area contributed by atoms with Gasteiger partial charge in [0.2, 0.25) is 5.91 Å². The smallest absolute Gasteiger partial charge is 0.234 e. The summed E-state index contributed by atoms with van der Waals surface area (Å²) < 4.78 is 0. The van der Waals surface area contributed by atoms with Crippen molar-refractivity contribution in [2.24, 2.45) is 5.73 Å². The monoisotopic (exact) mass is 176 g/mol. The molecule has 0 aliphatic rings. The molecule has 0 heterocycles. The molecule has 1 atom stereocenters. The molecular formula is C7H16N2OS. The third-order valence-electron chi connectivity index (χ3n) is 1.30. The van der Waals surface area contributed by atoms with Crippen molar-refractivity contribution in [3.63, 3.8) is 0 Å². The summed E-state index contributed by atoms with van der Waals surface area (Å²) in [4.78, 5) is 10.8. The van der Waals surface area contributed by atoms with Crippen LogP contribution in [0.25, 0.3) is 0 Å². The number of carbonyl (C=O) groups excluding carboxylic acids is 1. The van der Waals surface area contributed by atoms with E-state index in [0.29, 0.717) is 12.2 Å². The highest BCUT2D eigenvalue weighted by molar-refractivity contribution is 7.80. The quantitative estimate of drug-likeness (QED) is 0.523. The van der Waals surface area contributed by atoms with Gasteiger partial charge in [0, 0.05) is 6.04 Å². The number of amides is 1. The van der Waals surface area contributed by atoms with Crippen molar-refractivity contribution in [2.45, 2.75) is 32.4 Å². The molecule has 0 spiro atoms. The fraction of sp³-hybridized carbons (Fsp3) is 0.857.